The molecule has 0 fully saturated rings. The summed E-state index contributed by atoms with van der Waals surface area (Å²) in [5.74, 6) is 0.953. The van der Waals surface area contributed by atoms with Gasteiger partial charge in [0.1, 0.15) is 13.2 Å². The zero-order chi connectivity index (χ0) is 24.5. The number of rotatable bonds is 6. The molecule has 34 heavy (non-hydrogen) atoms. The number of anilines is 1. The summed E-state index contributed by atoms with van der Waals surface area (Å²) in [6.45, 7) is 8.36. The maximum absolute atomic E-state index is 13.1. The van der Waals surface area contributed by atoms with Gasteiger partial charge in [-0.15, -0.1) is 0 Å². The highest BCUT2D eigenvalue weighted by molar-refractivity contribution is 7.92. The van der Waals surface area contributed by atoms with Crippen LogP contribution in [0.2, 0.25) is 0 Å². The van der Waals surface area contributed by atoms with Crippen molar-refractivity contribution in [2.75, 3.05) is 17.9 Å². The Balaban J connectivity index is 1.54. The van der Waals surface area contributed by atoms with E-state index in [-0.39, 0.29) is 22.4 Å². The van der Waals surface area contributed by atoms with Gasteiger partial charge in [-0.05, 0) is 86.3 Å². The van der Waals surface area contributed by atoms with Gasteiger partial charge >= 0.3 is 0 Å². The number of nitrogens with one attached hydrogen (secondary N) is 2. The van der Waals surface area contributed by atoms with Gasteiger partial charge in [-0.3, -0.25) is 9.52 Å². The molecular formula is C26H28N2O5S. The quantitative estimate of drug-likeness (QED) is 0.535. The Morgan fingerprint density at radius 2 is 1.56 bits per heavy atom. The van der Waals surface area contributed by atoms with E-state index in [9.17, 15) is 13.2 Å². The lowest BCUT2D eigenvalue weighted by molar-refractivity contribution is 0.0939. The predicted octanol–water partition coefficient (Wildman–Crippen LogP) is 4.67. The van der Waals surface area contributed by atoms with Crippen molar-refractivity contribution in [1.82, 2.24) is 5.32 Å². The van der Waals surface area contributed by atoms with Gasteiger partial charge in [0.25, 0.3) is 15.9 Å². The van der Waals surface area contributed by atoms with Crippen LogP contribution >= 0.6 is 0 Å². The molecule has 0 bridgehead atoms. The van der Waals surface area contributed by atoms with E-state index in [0.29, 0.717) is 36.0 Å². The fraction of sp³-hybridized carbons (Fsp3) is 0.269. The molecule has 0 aliphatic carbocycles. The summed E-state index contributed by atoms with van der Waals surface area (Å²) in [6, 6.07) is 15.4. The molecule has 3 aromatic rings. The molecule has 8 heteroatoms. The van der Waals surface area contributed by atoms with E-state index in [0.717, 1.165) is 16.7 Å². The van der Waals surface area contributed by atoms with Crippen LogP contribution in [0.4, 0.5) is 5.69 Å². The molecule has 0 spiro atoms. The maximum atomic E-state index is 13.1. The van der Waals surface area contributed by atoms with Gasteiger partial charge in [0.15, 0.2) is 11.5 Å². The van der Waals surface area contributed by atoms with Crippen molar-refractivity contribution in [2.24, 2.45) is 0 Å². The molecule has 0 saturated heterocycles. The van der Waals surface area contributed by atoms with Gasteiger partial charge in [-0.2, -0.15) is 0 Å². The van der Waals surface area contributed by atoms with Crippen molar-refractivity contribution in [3.05, 3.63) is 82.4 Å². The van der Waals surface area contributed by atoms with Crippen LogP contribution in [0, 0.1) is 20.8 Å². The number of carbonyl (C=O) groups is 1. The third-order valence-corrected chi connectivity index (χ3v) is 7.15. The molecule has 0 aromatic heterocycles. The number of sulfonamides is 1. The predicted molar refractivity (Wildman–Crippen MR) is 131 cm³/mol. The first-order valence-electron chi connectivity index (χ1n) is 11.0. The third kappa shape index (κ3) is 5.17. The summed E-state index contributed by atoms with van der Waals surface area (Å²) in [7, 11) is -3.88. The van der Waals surface area contributed by atoms with Crippen LogP contribution < -0.4 is 19.5 Å². The summed E-state index contributed by atoms with van der Waals surface area (Å²) >= 11 is 0. The Bertz CT molecular complexity index is 1330. The molecule has 0 radical (unpaired) electrons. The lowest BCUT2D eigenvalue weighted by Crippen LogP contribution is -2.27. The molecule has 4 rings (SSSR count). The van der Waals surface area contributed by atoms with Gasteiger partial charge < -0.3 is 14.8 Å². The van der Waals surface area contributed by atoms with Gasteiger partial charge in [-0.1, -0.05) is 18.2 Å². The minimum absolute atomic E-state index is 0.0614. The van der Waals surface area contributed by atoms with Crippen LogP contribution in [-0.2, 0) is 10.0 Å². The zero-order valence-corrected chi connectivity index (χ0v) is 20.5. The molecule has 0 saturated carbocycles. The number of fused-ring (bicyclic) bond motifs is 1. The summed E-state index contributed by atoms with van der Waals surface area (Å²) in [5, 5.41) is 2.93. The number of ether oxygens (including phenoxy) is 2. The fourth-order valence-electron chi connectivity index (χ4n) is 3.97. The van der Waals surface area contributed by atoms with Crippen molar-refractivity contribution in [3.63, 3.8) is 0 Å². The first kappa shape index (κ1) is 23.6. The minimum atomic E-state index is -3.88. The van der Waals surface area contributed by atoms with Gasteiger partial charge in [0.2, 0.25) is 0 Å². The lowest BCUT2D eigenvalue weighted by atomic mass is 10.1. The summed E-state index contributed by atoms with van der Waals surface area (Å²) in [5.41, 5.74) is 4.06. The Morgan fingerprint density at radius 3 is 2.26 bits per heavy atom. The molecular weight excluding hydrogens is 452 g/mol. The number of hydrogen-bond donors (Lipinski definition) is 2. The smallest absolute Gasteiger partial charge is 0.262 e. The van der Waals surface area contributed by atoms with E-state index in [4.69, 9.17) is 9.47 Å². The van der Waals surface area contributed by atoms with E-state index in [1.54, 1.807) is 31.2 Å². The van der Waals surface area contributed by atoms with Crippen LogP contribution in [-0.4, -0.2) is 27.5 Å². The van der Waals surface area contributed by atoms with Crippen molar-refractivity contribution in [2.45, 2.75) is 38.6 Å². The minimum Gasteiger partial charge on any atom is -0.486 e. The average Bonchev–Trinajstić information content (AvgIpc) is 2.77. The average molecular weight is 481 g/mol. The number of amides is 1. The molecule has 1 amide bonds. The lowest BCUT2D eigenvalue weighted by Gasteiger charge is -2.21. The molecule has 0 unspecified atom stereocenters. The van der Waals surface area contributed by atoms with Crippen molar-refractivity contribution in [3.8, 4) is 11.5 Å². The van der Waals surface area contributed by atoms with Crippen LogP contribution in [0.3, 0.4) is 0 Å². The monoisotopic (exact) mass is 480 g/mol. The second kappa shape index (κ2) is 9.38. The summed E-state index contributed by atoms with van der Waals surface area (Å²) in [4.78, 5) is 13.0. The molecule has 7 nitrogen and oxygen atoms in total. The highest BCUT2D eigenvalue weighted by Crippen LogP contribution is 2.32. The van der Waals surface area contributed by atoms with Crippen LogP contribution in [0.5, 0.6) is 11.5 Å². The normalized spacial score (nSPS) is 13.8. The molecule has 3 aromatic carbocycles. The molecule has 1 aliphatic heterocycles. The summed E-state index contributed by atoms with van der Waals surface area (Å²) in [6.07, 6.45) is 0. The van der Waals surface area contributed by atoms with Gasteiger partial charge in [-0.25, -0.2) is 8.42 Å². The van der Waals surface area contributed by atoms with Crippen LogP contribution in [0.25, 0.3) is 0 Å². The first-order chi connectivity index (χ1) is 16.1. The molecule has 1 aliphatic rings. The van der Waals surface area contributed by atoms with Crippen molar-refractivity contribution < 1.29 is 22.7 Å². The SMILES string of the molecule is Cc1cc(C)cc(NS(=O)(=O)c2cc(C(=O)N[C@@H](C)c3ccc4c(c3)OCCO4)ccc2C)c1. The van der Waals surface area contributed by atoms with Crippen LogP contribution in [0.15, 0.2) is 59.5 Å². The van der Waals surface area contributed by atoms with Gasteiger partial charge in [0, 0.05) is 11.3 Å². The van der Waals surface area contributed by atoms with E-state index in [1.807, 2.05) is 45.0 Å². The third-order valence-electron chi connectivity index (χ3n) is 5.63. The van der Waals surface area contributed by atoms with E-state index < -0.39 is 10.0 Å². The topological polar surface area (TPSA) is 93.7 Å². The number of hydrogen-bond acceptors (Lipinski definition) is 5. The number of aryl methyl sites for hydroxylation is 3. The fourth-order valence-corrected chi connectivity index (χ4v) is 5.28. The zero-order valence-electron chi connectivity index (χ0n) is 19.6. The van der Waals surface area contributed by atoms with Crippen LogP contribution in [0.1, 0.15) is 45.6 Å². The van der Waals surface area contributed by atoms with Crippen molar-refractivity contribution in [1.29, 1.82) is 0 Å². The second-order valence-corrected chi connectivity index (χ2v) is 10.2. The second-order valence-electron chi connectivity index (χ2n) is 8.56. The van der Waals surface area contributed by atoms with E-state index in [2.05, 4.69) is 10.0 Å². The molecule has 178 valence electrons. The Kier molecular flexibility index (Phi) is 6.52. The van der Waals surface area contributed by atoms with E-state index >= 15 is 0 Å². The van der Waals surface area contributed by atoms with E-state index in [1.165, 1.54) is 6.07 Å². The first-order valence-corrected chi connectivity index (χ1v) is 12.5. The Labute approximate surface area is 200 Å². The standard InChI is InChI=1S/C26H28N2O5S/c1-16-11-17(2)13-22(12-16)28-34(30,31)25-15-21(6-5-18(25)3)26(29)27-19(4)20-7-8-23-24(14-20)33-10-9-32-23/h5-8,11-15,19,28H,9-10H2,1-4H3,(H,27,29)/t19-/m0/s1. The highest BCUT2D eigenvalue weighted by atomic mass is 32.2. The largest absolute Gasteiger partial charge is 0.486 e. The van der Waals surface area contributed by atoms with Gasteiger partial charge in [0.05, 0.1) is 10.9 Å². The summed E-state index contributed by atoms with van der Waals surface area (Å²) < 4.78 is 40.1. The maximum Gasteiger partial charge on any atom is 0.262 e. The molecule has 1 atom stereocenters. The molecule has 1 heterocycles. The Hall–Kier alpha value is -3.52. The van der Waals surface area contributed by atoms with Crippen molar-refractivity contribution >= 4 is 21.6 Å². The molecule has 2 N–H and O–H groups in total. The number of carbonyl (C=O) groups excluding carboxylic acids is 1. The Morgan fingerprint density at radius 1 is 0.882 bits per heavy atom. The number of benzene rings is 3. The highest BCUT2D eigenvalue weighted by Gasteiger charge is 2.21.